The van der Waals surface area contributed by atoms with Gasteiger partial charge in [-0.1, -0.05) is 25.1 Å². The van der Waals surface area contributed by atoms with Gasteiger partial charge in [0.05, 0.1) is 5.60 Å². The first kappa shape index (κ1) is 12.5. The number of benzene rings is 1. The van der Waals surface area contributed by atoms with Gasteiger partial charge in [0.25, 0.3) is 0 Å². The van der Waals surface area contributed by atoms with Crippen LogP contribution in [0.25, 0.3) is 0 Å². The summed E-state index contributed by atoms with van der Waals surface area (Å²) in [5, 5.41) is 20.6. The van der Waals surface area contributed by atoms with Crippen LogP contribution in [0.4, 0.5) is 4.39 Å². The zero-order valence-corrected chi connectivity index (χ0v) is 10.1. The Morgan fingerprint density at radius 1 is 1.29 bits per heavy atom. The molecular formula is C14H19FO2. The van der Waals surface area contributed by atoms with Crippen LogP contribution in [0.3, 0.4) is 0 Å². The molecule has 3 heteroatoms. The lowest BCUT2D eigenvalue weighted by molar-refractivity contribution is -0.106. The second-order valence-corrected chi connectivity index (χ2v) is 5.21. The van der Waals surface area contributed by atoms with E-state index in [0.29, 0.717) is 18.8 Å². The molecule has 0 heterocycles. The second kappa shape index (κ2) is 4.75. The number of hydrogen-bond acceptors (Lipinski definition) is 2. The summed E-state index contributed by atoms with van der Waals surface area (Å²) >= 11 is 0. The van der Waals surface area contributed by atoms with Gasteiger partial charge < -0.3 is 10.2 Å². The van der Waals surface area contributed by atoms with Crippen LogP contribution in [-0.2, 0) is 0 Å². The summed E-state index contributed by atoms with van der Waals surface area (Å²) in [7, 11) is 0. The Balaban J connectivity index is 2.20. The summed E-state index contributed by atoms with van der Waals surface area (Å²) < 4.78 is 13.6. The Kier molecular flexibility index (Phi) is 3.50. The van der Waals surface area contributed by atoms with Crippen LogP contribution in [-0.4, -0.2) is 15.8 Å². The van der Waals surface area contributed by atoms with E-state index in [1.54, 1.807) is 12.1 Å². The molecule has 1 aliphatic carbocycles. The summed E-state index contributed by atoms with van der Waals surface area (Å²) in [6.07, 6.45) is 1.69. The first-order valence-electron chi connectivity index (χ1n) is 6.18. The number of halogens is 1. The maximum absolute atomic E-state index is 13.6. The minimum atomic E-state index is -1.17. The molecule has 0 aromatic heterocycles. The SMILES string of the molecule is CC1CCC(O)(C(O)c2ccccc2F)CC1. The van der Waals surface area contributed by atoms with Crippen molar-refractivity contribution < 1.29 is 14.6 Å². The zero-order valence-electron chi connectivity index (χ0n) is 10.1. The van der Waals surface area contributed by atoms with Crippen molar-refractivity contribution in [1.82, 2.24) is 0 Å². The van der Waals surface area contributed by atoms with E-state index >= 15 is 0 Å². The van der Waals surface area contributed by atoms with Gasteiger partial charge in [-0.25, -0.2) is 4.39 Å². The van der Waals surface area contributed by atoms with E-state index in [1.807, 2.05) is 0 Å². The average Bonchev–Trinajstić information content (AvgIpc) is 2.33. The number of hydrogen-bond donors (Lipinski definition) is 2. The molecule has 2 nitrogen and oxygen atoms in total. The quantitative estimate of drug-likeness (QED) is 0.831. The standard InChI is InChI=1S/C14H19FO2/c1-10-6-8-14(17,9-7-10)13(16)11-4-2-3-5-12(11)15/h2-5,10,13,16-17H,6-9H2,1H3. The lowest BCUT2D eigenvalue weighted by Crippen LogP contribution is -2.40. The van der Waals surface area contributed by atoms with Crippen molar-refractivity contribution in [2.24, 2.45) is 5.92 Å². The van der Waals surface area contributed by atoms with Crippen LogP contribution in [0.5, 0.6) is 0 Å². The number of aliphatic hydroxyl groups excluding tert-OH is 1. The van der Waals surface area contributed by atoms with Crippen molar-refractivity contribution in [3.8, 4) is 0 Å². The molecule has 2 rings (SSSR count). The maximum atomic E-state index is 13.6. The molecule has 1 saturated carbocycles. The molecule has 1 fully saturated rings. The van der Waals surface area contributed by atoms with E-state index < -0.39 is 17.5 Å². The van der Waals surface area contributed by atoms with Gasteiger partial charge in [-0.2, -0.15) is 0 Å². The van der Waals surface area contributed by atoms with Crippen LogP contribution in [0.1, 0.15) is 44.3 Å². The molecule has 0 saturated heterocycles. The topological polar surface area (TPSA) is 40.5 Å². The molecule has 94 valence electrons. The summed E-state index contributed by atoms with van der Waals surface area (Å²) in [5.74, 6) is 0.121. The van der Waals surface area contributed by atoms with Gasteiger partial charge in [0, 0.05) is 5.56 Å². The molecule has 1 atom stereocenters. The normalized spacial score (nSPS) is 31.2. The zero-order chi connectivity index (χ0) is 12.5. The van der Waals surface area contributed by atoms with Crippen LogP contribution >= 0.6 is 0 Å². The predicted molar refractivity (Wildman–Crippen MR) is 63.9 cm³/mol. The van der Waals surface area contributed by atoms with E-state index in [2.05, 4.69) is 6.92 Å². The van der Waals surface area contributed by atoms with Crippen LogP contribution in [0.2, 0.25) is 0 Å². The van der Waals surface area contributed by atoms with Gasteiger partial charge in [-0.05, 0) is 37.7 Å². The minimum Gasteiger partial charge on any atom is -0.387 e. The third kappa shape index (κ3) is 2.50. The molecule has 0 spiro atoms. The van der Waals surface area contributed by atoms with E-state index in [4.69, 9.17) is 0 Å². The van der Waals surface area contributed by atoms with Gasteiger partial charge in [0.15, 0.2) is 0 Å². The van der Waals surface area contributed by atoms with Crippen LogP contribution in [0.15, 0.2) is 24.3 Å². The molecule has 0 amide bonds. The average molecular weight is 238 g/mol. The summed E-state index contributed by atoms with van der Waals surface area (Å²) in [6, 6.07) is 6.11. The van der Waals surface area contributed by atoms with Gasteiger partial charge in [-0.3, -0.25) is 0 Å². The molecule has 1 aromatic rings. The highest BCUT2D eigenvalue weighted by Crippen LogP contribution is 2.40. The Morgan fingerprint density at radius 3 is 2.47 bits per heavy atom. The van der Waals surface area contributed by atoms with Crippen LogP contribution < -0.4 is 0 Å². The Labute approximate surface area is 101 Å². The Bertz CT molecular complexity index is 384. The third-order valence-electron chi connectivity index (χ3n) is 3.85. The first-order chi connectivity index (χ1) is 8.03. The monoisotopic (exact) mass is 238 g/mol. The van der Waals surface area contributed by atoms with E-state index in [-0.39, 0.29) is 5.56 Å². The Hall–Kier alpha value is -0.930. The number of rotatable bonds is 2. The molecule has 0 radical (unpaired) electrons. The lowest BCUT2D eigenvalue weighted by atomic mass is 9.75. The smallest absolute Gasteiger partial charge is 0.129 e. The van der Waals surface area contributed by atoms with Gasteiger partial charge >= 0.3 is 0 Å². The first-order valence-corrected chi connectivity index (χ1v) is 6.18. The minimum absolute atomic E-state index is 0.199. The van der Waals surface area contributed by atoms with Gasteiger partial charge in [0.1, 0.15) is 11.9 Å². The largest absolute Gasteiger partial charge is 0.387 e. The highest BCUT2D eigenvalue weighted by atomic mass is 19.1. The maximum Gasteiger partial charge on any atom is 0.129 e. The van der Waals surface area contributed by atoms with Crippen LogP contribution in [0, 0.1) is 11.7 Å². The van der Waals surface area contributed by atoms with Crippen molar-refractivity contribution >= 4 is 0 Å². The van der Waals surface area contributed by atoms with Crippen molar-refractivity contribution in [2.45, 2.75) is 44.3 Å². The fourth-order valence-electron chi connectivity index (χ4n) is 2.52. The van der Waals surface area contributed by atoms with Crippen molar-refractivity contribution in [3.05, 3.63) is 35.6 Å². The molecule has 0 aliphatic heterocycles. The fourth-order valence-corrected chi connectivity index (χ4v) is 2.52. The van der Waals surface area contributed by atoms with Crippen molar-refractivity contribution in [2.75, 3.05) is 0 Å². The van der Waals surface area contributed by atoms with Gasteiger partial charge in [0.2, 0.25) is 0 Å². The molecule has 1 aliphatic rings. The van der Waals surface area contributed by atoms with Crippen molar-refractivity contribution in [3.63, 3.8) is 0 Å². The molecule has 2 N–H and O–H groups in total. The van der Waals surface area contributed by atoms with E-state index in [0.717, 1.165) is 12.8 Å². The number of aliphatic hydroxyl groups is 2. The third-order valence-corrected chi connectivity index (χ3v) is 3.85. The molecule has 17 heavy (non-hydrogen) atoms. The van der Waals surface area contributed by atoms with Gasteiger partial charge in [-0.15, -0.1) is 0 Å². The molecule has 0 bridgehead atoms. The molecule has 1 aromatic carbocycles. The van der Waals surface area contributed by atoms with E-state index in [9.17, 15) is 14.6 Å². The summed E-state index contributed by atoms with van der Waals surface area (Å²) in [6.45, 7) is 2.13. The lowest BCUT2D eigenvalue weighted by Gasteiger charge is -2.38. The summed E-state index contributed by atoms with van der Waals surface area (Å²) in [4.78, 5) is 0. The fraction of sp³-hybridized carbons (Fsp3) is 0.571. The van der Waals surface area contributed by atoms with E-state index in [1.165, 1.54) is 12.1 Å². The molecule has 1 unspecified atom stereocenters. The van der Waals surface area contributed by atoms with Crippen molar-refractivity contribution in [1.29, 1.82) is 0 Å². The second-order valence-electron chi connectivity index (χ2n) is 5.21. The highest BCUT2D eigenvalue weighted by Gasteiger charge is 2.40. The molecular weight excluding hydrogens is 219 g/mol. The highest BCUT2D eigenvalue weighted by molar-refractivity contribution is 5.22. The predicted octanol–water partition coefficient (Wildman–Crippen LogP) is 2.80. The Morgan fingerprint density at radius 2 is 1.88 bits per heavy atom. The summed E-state index contributed by atoms with van der Waals surface area (Å²) in [5.41, 5.74) is -0.973.